The van der Waals surface area contributed by atoms with Crippen molar-refractivity contribution < 1.29 is 36.5 Å². The summed E-state index contributed by atoms with van der Waals surface area (Å²) in [5, 5.41) is 16.9. The molecule has 2 aliphatic carbocycles. The van der Waals surface area contributed by atoms with Crippen LogP contribution < -0.4 is 10.6 Å². The van der Waals surface area contributed by atoms with Crippen LogP contribution in [0.3, 0.4) is 0 Å². The molecular formula is C25H28F4N8O4. The van der Waals surface area contributed by atoms with Gasteiger partial charge in [0.25, 0.3) is 11.8 Å². The van der Waals surface area contributed by atoms with Crippen molar-refractivity contribution in [3.8, 4) is 0 Å². The van der Waals surface area contributed by atoms with Gasteiger partial charge < -0.3 is 20.3 Å². The molecular weight excluding hydrogens is 552 g/mol. The van der Waals surface area contributed by atoms with Crippen molar-refractivity contribution in [1.82, 2.24) is 40.4 Å². The van der Waals surface area contributed by atoms with Crippen molar-refractivity contribution in [3.05, 3.63) is 41.1 Å². The third-order valence-electron chi connectivity index (χ3n) is 7.82. The summed E-state index contributed by atoms with van der Waals surface area (Å²) in [6.45, 7) is -1.65. The zero-order valence-corrected chi connectivity index (χ0v) is 22.0. The zero-order chi connectivity index (χ0) is 28.9. The Hall–Kier alpha value is -3.82. The molecule has 16 heteroatoms. The second kappa shape index (κ2) is 10.2. The van der Waals surface area contributed by atoms with Crippen molar-refractivity contribution in [2.24, 2.45) is 5.92 Å². The van der Waals surface area contributed by atoms with Gasteiger partial charge in [0.15, 0.2) is 11.3 Å². The van der Waals surface area contributed by atoms with Gasteiger partial charge in [0.2, 0.25) is 5.92 Å². The lowest BCUT2D eigenvalue weighted by molar-refractivity contribution is -0.0509. The number of ether oxygens (including phenoxy) is 1. The summed E-state index contributed by atoms with van der Waals surface area (Å²) >= 11 is 0. The van der Waals surface area contributed by atoms with Gasteiger partial charge in [-0.15, -0.1) is 0 Å². The lowest BCUT2D eigenvalue weighted by Gasteiger charge is -2.38. The summed E-state index contributed by atoms with van der Waals surface area (Å²) in [5.74, 6) is -7.15. The SMILES string of the molecule is COC[C@H](c1cnn2cc([C@H](NC(=O)c3nonc3C3CC3)C3CCC(F)(F)C3)nc2c1)N1CC(F)(F)CNC1=O. The van der Waals surface area contributed by atoms with Crippen molar-refractivity contribution >= 4 is 17.6 Å². The van der Waals surface area contributed by atoms with Crippen LogP contribution in [0.25, 0.3) is 5.65 Å². The molecule has 0 bridgehead atoms. The maximum absolute atomic E-state index is 14.3. The van der Waals surface area contributed by atoms with Crippen molar-refractivity contribution in [3.63, 3.8) is 0 Å². The molecule has 6 rings (SSSR count). The number of fused-ring (bicyclic) bond motifs is 1. The molecule has 0 spiro atoms. The summed E-state index contributed by atoms with van der Waals surface area (Å²) in [5.41, 5.74) is 1.41. The molecule has 1 aliphatic heterocycles. The van der Waals surface area contributed by atoms with Crippen LogP contribution in [0.1, 0.15) is 77.5 Å². The quantitative estimate of drug-likeness (QED) is 0.368. The maximum Gasteiger partial charge on any atom is 0.318 e. The van der Waals surface area contributed by atoms with E-state index in [1.54, 1.807) is 6.07 Å². The minimum atomic E-state index is -3.13. The number of hydrogen-bond acceptors (Lipinski definition) is 8. The smallest absolute Gasteiger partial charge is 0.318 e. The number of rotatable bonds is 9. The maximum atomic E-state index is 14.3. The molecule has 12 nitrogen and oxygen atoms in total. The van der Waals surface area contributed by atoms with Crippen LogP contribution in [-0.2, 0) is 4.74 Å². The Morgan fingerprint density at radius 3 is 2.76 bits per heavy atom. The monoisotopic (exact) mass is 580 g/mol. The highest BCUT2D eigenvalue weighted by atomic mass is 19.3. The Morgan fingerprint density at radius 2 is 2.05 bits per heavy atom. The number of halogens is 4. The summed E-state index contributed by atoms with van der Waals surface area (Å²) in [6.07, 6.45) is 4.04. The summed E-state index contributed by atoms with van der Waals surface area (Å²) in [6, 6.07) is -0.894. The van der Waals surface area contributed by atoms with E-state index in [2.05, 4.69) is 31.0 Å². The van der Waals surface area contributed by atoms with Crippen LogP contribution in [0.2, 0.25) is 0 Å². The molecule has 4 heterocycles. The van der Waals surface area contributed by atoms with E-state index in [0.717, 1.165) is 17.7 Å². The number of alkyl halides is 4. The molecule has 0 aromatic carbocycles. The predicted molar refractivity (Wildman–Crippen MR) is 131 cm³/mol. The highest BCUT2D eigenvalue weighted by Gasteiger charge is 2.45. The van der Waals surface area contributed by atoms with Gasteiger partial charge in [-0.2, -0.15) is 5.10 Å². The van der Waals surface area contributed by atoms with E-state index in [0.29, 0.717) is 17.0 Å². The Balaban J connectivity index is 1.31. The van der Waals surface area contributed by atoms with Crippen LogP contribution in [0.15, 0.2) is 23.1 Å². The first-order valence-electron chi connectivity index (χ1n) is 13.3. The molecule has 2 N–H and O–H groups in total. The molecule has 3 aliphatic rings. The van der Waals surface area contributed by atoms with Gasteiger partial charge in [-0.05, 0) is 36.4 Å². The fourth-order valence-corrected chi connectivity index (χ4v) is 5.59. The lowest BCUT2D eigenvalue weighted by Crippen LogP contribution is -2.58. The first-order valence-corrected chi connectivity index (χ1v) is 13.3. The molecule has 3 aromatic rings. The molecule has 3 aromatic heterocycles. The molecule has 2 saturated carbocycles. The summed E-state index contributed by atoms with van der Waals surface area (Å²) in [4.78, 5) is 31.2. The number of carbonyl (C=O) groups excluding carboxylic acids is 2. The topological polar surface area (TPSA) is 140 Å². The number of nitrogens with one attached hydrogen (secondary N) is 2. The second-order valence-electron chi connectivity index (χ2n) is 11.0. The third kappa shape index (κ3) is 5.56. The Labute approximate surface area is 230 Å². The van der Waals surface area contributed by atoms with Gasteiger partial charge in [0.1, 0.15) is 5.69 Å². The number of amides is 3. The van der Waals surface area contributed by atoms with Gasteiger partial charge in [0.05, 0.1) is 49.9 Å². The highest BCUT2D eigenvalue weighted by molar-refractivity contribution is 5.93. The highest BCUT2D eigenvalue weighted by Crippen LogP contribution is 2.45. The molecule has 3 fully saturated rings. The first kappa shape index (κ1) is 27.4. The normalized spacial score (nSPS) is 23.4. The number of carbonyl (C=O) groups is 2. The van der Waals surface area contributed by atoms with Gasteiger partial charge in [-0.1, -0.05) is 5.16 Å². The predicted octanol–water partition coefficient (Wildman–Crippen LogP) is 3.24. The van der Waals surface area contributed by atoms with Crippen molar-refractivity contribution in [2.45, 2.75) is 62.0 Å². The van der Waals surface area contributed by atoms with E-state index in [9.17, 15) is 27.2 Å². The standard InChI is InChI=1S/C25H28F4N8O4/c1-40-10-17(36-12-25(28,29)11-30-23(36)39)15-6-18-32-16(9-37(18)31-8-15)19(14-4-5-24(26,27)7-14)33-22(38)21-20(13-2-3-13)34-41-35-21/h6,8-9,13-14,17,19H,2-5,7,10-12H2,1H3,(H,30,39)(H,33,38)/t14?,17-,19-/m1/s1. The molecule has 0 radical (unpaired) electrons. The Morgan fingerprint density at radius 1 is 1.24 bits per heavy atom. The van der Waals surface area contributed by atoms with Crippen LogP contribution >= 0.6 is 0 Å². The van der Waals surface area contributed by atoms with Crippen LogP contribution in [-0.4, -0.2) is 80.4 Å². The largest absolute Gasteiger partial charge is 0.382 e. The minimum absolute atomic E-state index is 0.0189. The van der Waals surface area contributed by atoms with Gasteiger partial charge in [-0.3, -0.25) is 4.79 Å². The van der Waals surface area contributed by atoms with E-state index in [4.69, 9.17) is 9.37 Å². The van der Waals surface area contributed by atoms with Crippen LogP contribution in [0.4, 0.5) is 22.4 Å². The van der Waals surface area contributed by atoms with Crippen LogP contribution in [0, 0.1) is 5.92 Å². The van der Waals surface area contributed by atoms with E-state index >= 15 is 0 Å². The fraction of sp³-hybridized carbons (Fsp3) is 0.600. The van der Waals surface area contributed by atoms with Crippen molar-refractivity contribution in [2.75, 3.05) is 26.8 Å². The van der Waals surface area contributed by atoms with E-state index in [1.165, 1.54) is 24.0 Å². The fourth-order valence-electron chi connectivity index (χ4n) is 5.59. The molecule has 220 valence electrons. The van der Waals surface area contributed by atoms with Crippen LogP contribution in [0.5, 0.6) is 0 Å². The minimum Gasteiger partial charge on any atom is -0.382 e. The van der Waals surface area contributed by atoms with E-state index < -0.39 is 61.3 Å². The van der Waals surface area contributed by atoms with Gasteiger partial charge in [-0.25, -0.2) is 36.5 Å². The number of urea groups is 1. The molecule has 41 heavy (non-hydrogen) atoms. The molecule has 1 unspecified atom stereocenters. The molecule has 3 amide bonds. The number of aromatic nitrogens is 5. The number of methoxy groups -OCH3 is 1. The Bertz CT molecular complexity index is 1460. The second-order valence-corrected chi connectivity index (χ2v) is 11.0. The summed E-state index contributed by atoms with van der Waals surface area (Å²) in [7, 11) is 1.39. The first-order chi connectivity index (χ1) is 19.5. The average Bonchev–Trinajstić information content (AvgIpc) is 3.32. The van der Waals surface area contributed by atoms with Crippen molar-refractivity contribution in [1.29, 1.82) is 0 Å². The number of imidazole rings is 1. The van der Waals surface area contributed by atoms with E-state index in [1.807, 2.05) is 0 Å². The molecule has 1 saturated heterocycles. The van der Waals surface area contributed by atoms with Gasteiger partial charge in [0, 0.05) is 31.4 Å². The number of nitrogens with zero attached hydrogens (tertiary/aromatic N) is 6. The van der Waals surface area contributed by atoms with E-state index in [-0.39, 0.29) is 36.7 Å². The summed E-state index contributed by atoms with van der Waals surface area (Å²) < 4.78 is 68.2. The third-order valence-corrected chi connectivity index (χ3v) is 7.82. The average molecular weight is 581 g/mol. The van der Waals surface area contributed by atoms with Gasteiger partial charge >= 0.3 is 6.03 Å². The number of hydrogen-bond donors (Lipinski definition) is 2. The lowest BCUT2D eigenvalue weighted by atomic mass is 9.95. The Kier molecular flexibility index (Phi) is 6.82. The zero-order valence-electron chi connectivity index (χ0n) is 22.0. The molecule has 3 atom stereocenters.